The van der Waals surface area contributed by atoms with Crippen molar-refractivity contribution < 1.29 is 19.0 Å². The van der Waals surface area contributed by atoms with Gasteiger partial charge in [0.1, 0.15) is 25.9 Å². The van der Waals surface area contributed by atoms with Gasteiger partial charge in [0, 0.05) is 6.54 Å². The van der Waals surface area contributed by atoms with Crippen molar-refractivity contribution in [2.75, 3.05) is 26.4 Å². The number of benzene rings is 1. The van der Waals surface area contributed by atoms with E-state index in [1.165, 1.54) is 0 Å². The first kappa shape index (κ1) is 10.4. The van der Waals surface area contributed by atoms with Crippen LogP contribution in [0.1, 0.15) is 11.7 Å². The van der Waals surface area contributed by atoms with Gasteiger partial charge in [-0.1, -0.05) is 6.07 Å². The first-order chi connectivity index (χ1) is 8.33. The van der Waals surface area contributed by atoms with Gasteiger partial charge in [-0.05, 0) is 17.7 Å². The van der Waals surface area contributed by atoms with E-state index in [-0.39, 0.29) is 18.6 Å². The second-order valence-corrected chi connectivity index (χ2v) is 4.01. The molecule has 0 aromatic heterocycles. The van der Waals surface area contributed by atoms with Gasteiger partial charge in [-0.25, -0.2) is 0 Å². The van der Waals surface area contributed by atoms with Gasteiger partial charge in [-0.15, -0.1) is 0 Å². The normalized spacial score (nSPS) is 23.1. The fourth-order valence-corrected chi connectivity index (χ4v) is 1.97. The zero-order valence-corrected chi connectivity index (χ0v) is 9.27. The molecule has 0 saturated carbocycles. The second-order valence-electron chi connectivity index (χ2n) is 4.01. The van der Waals surface area contributed by atoms with Crippen LogP contribution in [0.4, 0.5) is 0 Å². The molecule has 0 spiro atoms. The Morgan fingerprint density at radius 1 is 1.18 bits per heavy atom. The van der Waals surface area contributed by atoms with Crippen LogP contribution < -0.4 is 14.8 Å². The van der Waals surface area contributed by atoms with Crippen molar-refractivity contribution in [1.82, 2.24) is 5.32 Å². The Hall–Kier alpha value is -1.75. The third-order valence-corrected chi connectivity index (χ3v) is 2.84. The number of carbonyl (C=O) groups is 1. The Labute approximate surface area is 98.7 Å². The van der Waals surface area contributed by atoms with E-state index in [0.29, 0.717) is 19.8 Å². The van der Waals surface area contributed by atoms with Gasteiger partial charge in [-0.2, -0.15) is 0 Å². The smallest absolute Gasteiger partial charge is 0.246 e. The van der Waals surface area contributed by atoms with E-state index in [1.54, 1.807) is 0 Å². The zero-order valence-electron chi connectivity index (χ0n) is 9.27. The maximum atomic E-state index is 11.0. The van der Waals surface area contributed by atoms with E-state index in [1.807, 2.05) is 18.2 Å². The predicted octanol–water partition coefficient (Wildman–Crippen LogP) is 0.645. The standard InChI is InChI=1S/C12H13NO4/c14-12-7-17-11(6-13-12)8-1-2-9-10(5-8)16-4-3-15-9/h1-2,5,11H,3-4,6-7H2,(H,13,14)/t11-/m1/s1. The van der Waals surface area contributed by atoms with Gasteiger partial charge in [0.15, 0.2) is 11.5 Å². The van der Waals surface area contributed by atoms with Crippen LogP contribution >= 0.6 is 0 Å². The summed E-state index contributed by atoms with van der Waals surface area (Å²) in [6.07, 6.45) is -0.108. The van der Waals surface area contributed by atoms with Gasteiger partial charge in [0.25, 0.3) is 0 Å². The lowest BCUT2D eigenvalue weighted by molar-refractivity contribution is -0.133. The summed E-state index contributed by atoms with van der Waals surface area (Å²) in [6, 6.07) is 5.73. The summed E-state index contributed by atoms with van der Waals surface area (Å²) in [6.45, 7) is 1.76. The molecule has 1 N–H and O–H groups in total. The summed E-state index contributed by atoms with van der Waals surface area (Å²) in [7, 11) is 0. The highest BCUT2D eigenvalue weighted by Gasteiger charge is 2.22. The molecule has 1 fully saturated rings. The number of hydrogen-bond acceptors (Lipinski definition) is 4. The lowest BCUT2D eigenvalue weighted by Gasteiger charge is -2.25. The molecule has 5 nitrogen and oxygen atoms in total. The maximum absolute atomic E-state index is 11.0. The van der Waals surface area contributed by atoms with Gasteiger partial charge in [-0.3, -0.25) is 4.79 Å². The molecule has 90 valence electrons. The van der Waals surface area contributed by atoms with Crippen LogP contribution in [0.15, 0.2) is 18.2 Å². The van der Waals surface area contributed by atoms with Crippen LogP contribution in [-0.4, -0.2) is 32.3 Å². The van der Waals surface area contributed by atoms with Crippen molar-refractivity contribution in [3.05, 3.63) is 23.8 Å². The summed E-state index contributed by atoms with van der Waals surface area (Å²) in [5.74, 6) is 1.44. The molecule has 1 aromatic rings. The van der Waals surface area contributed by atoms with Gasteiger partial charge < -0.3 is 19.5 Å². The quantitative estimate of drug-likeness (QED) is 0.776. The second kappa shape index (κ2) is 4.25. The summed E-state index contributed by atoms with van der Waals surface area (Å²) in [4.78, 5) is 11.0. The minimum atomic E-state index is -0.108. The highest BCUT2D eigenvalue weighted by molar-refractivity contribution is 5.77. The number of carbonyl (C=O) groups excluding carboxylic acids is 1. The molecule has 0 radical (unpaired) electrons. The average Bonchev–Trinajstić information content (AvgIpc) is 2.39. The molecule has 2 aliphatic heterocycles. The van der Waals surface area contributed by atoms with Crippen molar-refractivity contribution in [1.29, 1.82) is 0 Å². The summed E-state index contributed by atoms with van der Waals surface area (Å²) < 4.78 is 16.4. The molecule has 2 heterocycles. The summed E-state index contributed by atoms with van der Waals surface area (Å²) >= 11 is 0. The molecule has 3 rings (SSSR count). The minimum Gasteiger partial charge on any atom is -0.486 e. The van der Waals surface area contributed by atoms with E-state index >= 15 is 0 Å². The number of nitrogens with one attached hydrogen (secondary N) is 1. The van der Waals surface area contributed by atoms with Gasteiger partial charge >= 0.3 is 0 Å². The van der Waals surface area contributed by atoms with E-state index in [2.05, 4.69) is 5.32 Å². The number of morpholine rings is 1. The average molecular weight is 235 g/mol. The van der Waals surface area contributed by atoms with E-state index in [4.69, 9.17) is 14.2 Å². The van der Waals surface area contributed by atoms with E-state index in [9.17, 15) is 4.79 Å². The molecule has 5 heteroatoms. The van der Waals surface area contributed by atoms with Crippen molar-refractivity contribution in [3.8, 4) is 11.5 Å². The predicted molar refractivity (Wildman–Crippen MR) is 59.1 cm³/mol. The molecule has 1 atom stereocenters. The van der Waals surface area contributed by atoms with Crippen molar-refractivity contribution in [3.63, 3.8) is 0 Å². The lowest BCUT2D eigenvalue weighted by Crippen LogP contribution is -2.38. The Morgan fingerprint density at radius 2 is 2.00 bits per heavy atom. The van der Waals surface area contributed by atoms with Crippen molar-refractivity contribution >= 4 is 5.91 Å². The van der Waals surface area contributed by atoms with Crippen LogP contribution in [-0.2, 0) is 9.53 Å². The molecular weight excluding hydrogens is 222 g/mol. The summed E-state index contributed by atoms with van der Waals surface area (Å²) in [5, 5.41) is 2.77. The highest BCUT2D eigenvalue weighted by Crippen LogP contribution is 2.33. The first-order valence-electron chi connectivity index (χ1n) is 5.61. The highest BCUT2D eigenvalue weighted by atomic mass is 16.6. The maximum Gasteiger partial charge on any atom is 0.246 e. The SMILES string of the molecule is O=C1CO[C@@H](c2ccc3c(c2)OCCO3)CN1. The number of fused-ring (bicyclic) bond motifs is 1. The molecule has 1 saturated heterocycles. The number of amides is 1. The Balaban J connectivity index is 1.81. The van der Waals surface area contributed by atoms with Crippen LogP contribution in [0.25, 0.3) is 0 Å². The van der Waals surface area contributed by atoms with Gasteiger partial charge in [0.2, 0.25) is 5.91 Å². The molecular formula is C12H13NO4. The molecule has 1 aromatic carbocycles. The third-order valence-electron chi connectivity index (χ3n) is 2.84. The molecule has 0 aliphatic carbocycles. The molecule has 2 aliphatic rings. The van der Waals surface area contributed by atoms with Gasteiger partial charge in [0.05, 0.1) is 0 Å². The molecule has 0 bridgehead atoms. The third kappa shape index (κ3) is 2.06. The van der Waals surface area contributed by atoms with Crippen molar-refractivity contribution in [2.45, 2.75) is 6.10 Å². The fraction of sp³-hybridized carbons (Fsp3) is 0.417. The topological polar surface area (TPSA) is 56.8 Å². The van der Waals surface area contributed by atoms with Crippen LogP contribution in [0.3, 0.4) is 0 Å². The zero-order chi connectivity index (χ0) is 11.7. The molecule has 0 unspecified atom stereocenters. The van der Waals surface area contributed by atoms with Crippen LogP contribution in [0.2, 0.25) is 0 Å². The molecule has 1 amide bonds. The van der Waals surface area contributed by atoms with E-state index < -0.39 is 0 Å². The minimum absolute atomic E-state index is 0.0706. The number of ether oxygens (including phenoxy) is 3. The Bertz CT molecular complexity index is 436. The number of hydrogen-bond donors (Lipinski definition) is 1. The first-order valence-corrected chi connectivity index (χ1v) is 5.61. The Morgan fingerprint density at radius 3 is 2.76 bits per heavy atom. The monoisotopic (exact) mass is 235 g/mol. The largest absolute Gasteiger partial charge is 0.486 e. The fourth-order valence-electron chi connectivity index (χ4n) is 1.97. The molecule has 17 heavy (non-hydrogen) atoms. The van der Waals surface area contributed by atoms with Crippen LogP contribution in [0.5, 0.6) is 11.5 Å². The number of rotatable bonds is 1. The van der Waals surface area contributed by atoms with Crippen molar-refractivity contribution in [2.24, 2.45) is 0 Å². The summed E-state index contributed by atoms with van der Waals surface area (Å²) in [5.41, 5.74) is 0.995. The lowest BCUT2D eigenvalue weighted by atomic mass is 10.1. The Kier molecular flexibility index (Phi) is 2.60. The van der Waals surface area contributed by atoms with Crippen LogP contribution in [0, 0.1) is 0 Å². The van der Waals surface area contributed by atoms with E-state index in [0.717, 1.165) is 17.1 Å².